The molecule has 206 valence electrons. The van der Waals surface area contributed by atoms with Gasteiger partial charge in [0, 0.05) is 22.4 Å². The molecule has 8 nitrogen and oxygen atoms in total. The van der Waals surface area contributed by atoms with Crippen LogP contribution >= 0.6 is 11.8 Å². The normalized spacial score (nSPS) is 16.1. The Bertz CT molecular complexity index is 1580. The summed E-state index contributed by atoms with van der Waals surface area (Å²) in [5.74, 6) is 1.40. The number of hydrogen-bond acceptors (Lipinski definition) is 9. The first-order valence-electron chi connectivity index (χ1n) is 12.7. The van der Waals surface area contributed by atoms with E-state index in [2.05, 4.69) is 16.0 Å². The maximum absolute atomic E-state index is 13.7. The maximum atomic E-state index is 13.7. The van der Waals surface area contributed by atoms with Crippen molar-refractivity contribution in [2.24, 2.45) is 0 Å². The molecule has 1 aliphatic heterocycles. The predicted molar refractivity (Wildman–Crippen MR) is 150 cm³/mol. The van der Waals surface area contributed by atoms with Crippen LogP contribution in [0.5, 0.6) is 5.75 Å². The molecular weight excluding hydrogens is 531 g/mol. The standard InChI is InChI=1S/C30H29FN4O4S/c1-17-26(19-8-10-22(11-9-19)36-14-23-15-37-30(3,4)39-23)24(13-32)29(35-27(17)33)40-16-25-18(2)38-28(34-25)20-6-5-7-21(31)12-20/h5-12,23H,14-16H2,1-4H3,(H2,33,35)/t23-/m0/s1. The van der Waals surface area contributed by atoms with Gasteiger partial charge in [0.15, 0.2) is 5.79 Å². The fraction of sp³-hybridized carbons (Fsp3) is 0.300. The summed E-state index contributed by atoms with van der Waals surface area (Å²) >= 11 is 1.35. The Labute approximate surface area is 236 Å². The number of hydrogen-bond donors (Lipinski definition) is 1. The molecule has 0 aliphatic carbocycles. The van der Waals surface area contributed by atoms with E-state index in [4.69, 9.17) is 24.4 Å². The summed E-state index contributed by atoms with van der Waals surface area (Å²) in [7, 11) is 0. The zero-order valence-corrected chi connectivity index (χ0v) is 23.5. The highest BCUT2D eigenvalue weighted by Crippen LogP contribution is 2.37. The van der Waals surface area contributed by atoms with Gasteiger partial charge in [-0.25, -0.2) is 14.4 Å². The number of oxazole rings is 1. The molecule has 1 saturated heterocycles. The second-order valence-corrected chi connectivity index (χ2v) is 10.9. The highest BCUT2D eigenvalue weighted by molar-refractivity contribution is 7.98. The van der Waals surface area contributed by atoms with E-state index in [1.54, 1.807) is 19.1 Å². The molecule has 2 N–H and O–H groups in total. The van der Waals surface area contributed by atoms with Crippen molar-refractivity contribution in [3.63, 3.8) is 0 Å². The minimum Gasteiger partial charge on any atom is -0.491 e. The van der Waals surface area contributed by atoms with Crippen LogP contribution in [0, 0.1) is 31.0 Å². The number of nitrogens with two attached hydrogens (primary N) is 1. The molecule has 40 heavy (non-hydrogen) atoms. The molecule has 0 saturated carbocycles. The van der Waals surface area contributed by atoms with Crippen LogP contribution in [-0.4, -0.2) is 35.1 Å². The third-order valence-electron chi connectivity index (χ3n) is 6.51. The van der Waals surface area contributed by atoms with Crippen molar-refractivity contribution in [2.45, 2.75) is 50.4 Å². The number of rotatable bonds is 8. The van der Waals surface area contributed by atoms with Crippen LogP contribution in [0.15, 0.2) is 58.0 Å². The number of ether oxygens (including phenoxy) is 3. The smallest absolute Gasteiger partial charge is 0.226 e. The highest BCUT2D eigenvalue weighted by Gasteiger charge is 2.33. The predicted octanol–water partition coefficient (Wildman–Crippen LogP) is 6.44. The van der Waals surface area contributed by atoms with Crippen molar-refractivity contribution in [1.82, 2.24) is 9.97 Å². The fourth-order valence-electron chi connectivity index (χ4n) is 4.44. The molecule has 0 radical (unpaired) electrons. The molecule has 4 aromatic rings. The number of nitriles is 1. The van der Waals surface area contributed by atoms with E-state index in [1.807, 2.05) is 45.0 Å². The summed E-state index contributed by atoms with van der Waals surface area (Å²) in [6.45, 7) is 8.25. The molecule has 1 aliphatic rings. The molecule has 5 rings (SSSR count). The van der Waals surface area contributed by atoms with E-state index in [0.717, 1.165) is 16.7 Å². The lowest BCUT2D eigenvalue weighted by Gasteiger charge is -2.17. The number of thioether (sulfide) groups is 1. The first-order valence-corrected chi connectivity index (χ1v) is 13.7. The minimum atomic E-state index is -0.601. The quantitative estimate of drug-likeness (QED) is 0.243. The average molecular weight is 561 g/mol. The SMILES string of the molecule is Cc1oc(-c2cccc(F)c2)nc1CSc1nc(N)c(C)c(-c2ccc(OC[C@H]3COC(C)(C)O3)cc2)c1C#N. The number of nitrogens with zero attached hydrogens (tertiary/aromatic N) is 3. The van der Waals surface area contributed by atoms with E-state index < -0.39 is 5.79 Å². The highest BCUT2D eigenvalue weighted by atomic mass is 32.2. The number of benzene rings is 2. The zero-order chi connectivity index (χ0) is 28.4. The van der Waals surface area contributed by atoms with Gasteiger partial charge in [-0.05, 0) is 63.6 Å². The zero-order valence-electron chi connectivity index (χ0n) is 22.7. The lowest BCUT2D eigenvalue weighted by molar-refractivity contribution is -0.141. The molecule has 1 fully saturated rings. The summed E-state index contributed by atoms with van der Waals surface area (Å²) in [5.41, 5.74) is 10.2. The number of nitrogen functional groups attached to an aromatic ring is 1. The van der Waals surface area contributed by atoms with Crippen LogP contribution in [0.1, 0.15) is 36.4 Å². The van der Waals surface area contributed by atoms with Crippen molar-refractivity contribution >= 4 is 17.6 Å². The van der Waals surface area contributed by atoms with Crippen LogP contribution < -0.4 is 10.5 Å². The summed E-state index contributed by atoms with van der Waals surface area (Å²) in [4.78, 5) is 9.06. The van der Waals surface area contributed by atoms with Crippen LogP contribution in [0.25, 0.3) is 22.6 Å². The van der Waals surface area contributed by atoms with Gasteiger partial charge in [0.1, 0.15) is 47.0 Å². The Hall–Kier alpha value is -3.91. The molecular formula is C30H29FN4O4S. The average Bonchev–Trinajstić information content (AvgIpc) is 3.48. The first-order chi connectivity index (χ1) is 19.1. The van der Waals surface area contributed by atoms with Gasteiger partial charge in [0.25, 0.3) is 0 Å². The summed E-state index contributed by atoms with van der Waals surface area (Å²) in [6, 6.07) is 15.9. The summed E-state index contributed by atoms with van der Waals surface area (Å²) in [5, 5.41) is 10.6. The Morgan fingerprint density at radius 2 is 1.93 bits per heavy atom. The van der Waals surface area contributed by atoms with Crippen LogP contribution in [0.2, 0.25) is 0 Å². The second-order valence-electron chi connectivity index (χ2n) is 9.90. The van der Waals surface area contributed by atoms with Gasteiger partial charge in [-0.2, -0.15) is 5.26 Å². The van der Waals surface area contributed by atoms with E-state index in [9.17, 15) is 9.65 Å². The van der Waals surface area contributed by atoms with Crippen LogP contribution in [-0.2, 0) is 15.2 Å². The molecule has 2 aromatic carbocycles. The Morgan fingerprint density at radius 1 is 1.15 bits per heavy atom. The number of pyridine rings is 1. The second kappa shape index (κ2) is 11.3. The molecule has 3 heterocycles. The van der Waals surface area contributed by atoms with Gasteiger partial charge in [-0.1, -0.05) is 30.0 Å². The Kier molecular flexibility index (Phi) is 7.81. The Morgan fingerprint density at radius 3 is 2.60 bits per heavy atom. The molecule has 0 spiro atoms. The number of anilines is 1. The van der Waals surface area contributed by atoms with Crippen LogP contribution in [0.4, 0.5) is 10.2 Å². The van der Waals surface area contributed by atoms with Crippen molar-refractivity contribution in [2.75, 3.05) is 18.9 Å². The van der Waals surface area contributed by atoms with E-state index in [1.165, 1.54) is 23.9 Å². The van der Waals surface area contributed by atoms with Crippen molar-refractivity contribution in [3.05, 3.63) is 76.9 Å². The molecule has 0 unspecified atom stereocenters. The van der Waals surface area contributed by atoms with Gasteiger partial charge in [0.2, 0.25) is 5.89 Å². The lowest BCUT2D eigenvalue weighted by Crippen LogP contribution is -2.25. The topological polar surface area (TPSA) is 116 Å². The first kappa shape index (κ1) is 27.6. The van der Waals surface area contributed by atoms with Gasteiger partial charge >= 0.3 is 0 Å². The van der Waals surface area contributed by atoms with Crippen LogP contribution in [0.3, 0.4) is 0 Å². The van der Waals surface area contributed by atoms with E-state index >= 15 is 0 Å². The van der Waals surface area contributed by atoms with Gasteiger partial charge in [-0.3, -0.25) is 0 Å². The maximum Gasteiger partial charge on any atom is 0.226 e. The van der Waals surface area contributed by atoms with E-state index in [0.29, 0.717) is 64.0 Å². The van der Waals surface area contributed by atoms with Gasteiger partial charge in [-0.15, -0.1) is 0 Å². The minimum absolute atomic E-state index is 0.139. The van der Waals surface area contributed by atoms with Crippen molar-refractivity contribution < 1.29 is 23.0 Å². The molecule has 2 aromatic heterocycles. The van der Waals surface area contributed by atoms with Gasteiger partial charge < -0.3 is 24.4 Å². The molecule has 1 atom stereocenters. The lowest BCUT2D eigenvalue weighted by atomic mass is 9.97. The largest absolute Gasteiger partial charge is 0.491 e. The molecule has 10 heteroatoms. The van der Waals surface area contributed by atoms with Crippen molar-refractivity contribution in [3.8, 4) is 34.4 Å². The Balaban J connectivity index is 1.35. The third-order valence-corrected chi connectivity index (χ3v) is 7.50. The molecule has 0 bridgehead atoms. The number of aromatic nitrogens is 2. The summed E-state index contributed by atoms with van der Waals surface area (Å²) in [6.07, 6.45) is -0.139. The molecule has 0 amide bonds. The fourth-order valence-corrected chi connectivity index (χ4v) is 5.43. The van der Waals surface area contributed by atoms with Crippen molar-refractivity contribution in [1.29, 1.82) is 5.26 Å². The van der Waals surface area contributed by atoms with Gasteiger partial charge in [0.05, 0.1) is 17.9 Å². The summed E-state index contributed by atoms with van der Waals surface area (Å²) < 4.78 is 36.7. The monoisotopic (exact) mass is 560 g/mol. The number of aryl methyl sites for hydroxylation is 1. The number of halogens is 1. The van der Waals surface area contributed by atoms with E-state index in [-0.39, 0.29) is 11.9 Å². The third kappa shape index (κ3) is 5.97.